The molecule has 0 aliphatic rings. The fourth-order valence-electron chi connectivity index (χ4n) is 2.16. The molecule has 0 saturated heterocycles. The first-order valence-electron chi connectivity index (χ1n) is 6.58. The fraction of sp³-hybridized carbons (Fsp3) is 0.154. The minimum atomic E-state index is -5.11. The number of alkyl halides is 6. The molecule has 0 fully saturated rings. The number of nitrogen functional groups attached to an aromatic ring is 1. The van der Waals surface area contributed by atoms with Crippen LogP contribution in [0.4, 0.5) is 23.4 Å². The molecule has 152 valence electrons. The lowest BCUT2D eigenvalue weighted by Gasteiger charge is -2.15. The van der Waals surface area contributed by atoms with E-state index in [1.54, 1.807) is 0 Å². The van der Waals surface area contributed by atoms with Crippen LogP contribution in [-0.2, 0) is 20.5 Å². The molecule has 0 bridgehead atoms. The Morgan fingerprint density at radius 3 is 2.04 bits per heavy atom. The van der Waals surface area contributed by atoms with Crippen LogP contribution in [0.15, 0.2) is 23.2 Å². The van der Waals surface area contributed by atoms with Crippen LogP contribution in [0, 0.1) is 11.3 Å². The van der Waals surface area contributed by atoms with Crippen LogP contribution in [0.1, 0.15) is 11.1 Å². The molecule has 15 heteroatoms. The third-order valence-electron chi connectivity index (χ3n) is 3.15. The van der Waals surface area contributed by atoms with Crippen LogP contribution in [0.5, 0.6) is 0 Å². The Kier molecular flexibility index (Phi) is 6.07. The monoisotopic (exact) mass is 499 g/mol. The summed E-state index contributed by atoms with van der Waals surface area (Å²) in [5.41, 5.74) is 3.47. The molecule has 0 aliphatic carbocycles. The van der Waals surface area contributed by atoms with Crippen molar-refractivity contribution in [2.24, 2.45) is 0 Å². The third-order valence-corrected chi connectivity index (χ3v) is 5.45. The van der Waals surface area contributed by atoms with Crippen LogP contribution >= 0.6 is 46.4 Å². The number of hydrogen-bond donors (Lipinski definition) is 1. The van der Waals surface area contributed by atoms with E-state index in [9.17, 15) is 26.0 Å². The second-order valence-electron chi connectivity index (χ2n) is 5.01. The summed E-state index contributed by atoms with van der Waals surface area (Å²) in [5.74, 6) is -0.766. The van der Waals surface area contributed by atoms with E-state index in [-0.39, 0.29) is 5.69 Å². The van der Waals surface area contributed by atoms with Crippen molar-refractivity contribution in [1.82, 2.24) is 4.57 Å². The molecule has 2 N–H and O–H groups in total. The molecule has 1 aromatic carbocycles. The summed E-state index contributed by atoms with van der Waals surface area (Å²) in [6.07, 6.45) is -3.96. The molecule has 0 saturated carbocycles. The number of aromatic nitrogens is 1. The number of nitrogens with two attached hydrogens (primary N) is 1. The summed E-state index contributed by atoms with van der Waals surface area (Å²) in [4.78, 5) is -1.04. The molecule has 2 aromatic rings. The summed E-state index contributed by atoms with van der Waals surface area (Å²) in [7, 11) is -5.11. The SMILES string of the molecule is N#Cc1cn(-c2c(Cl)cc(C(F)(F)F)cc2Cl)c(N)c1S(=O)(=O)OC(F)(Cl)Cl. The highest BCUT2D eigenvalue weighted by molar-refractivity contribution is 7.87. The molecule has 0 radical (unpaired) electrons. The zero-order valence-corrected chi connectivity index (χ0v) is 16.7. The number of halogens is 8. The molecular weight excluding hydrogens is 496 g/mol. The number of nitrogens with zero attached hydrogens (tertiary/aromatic N) is 2. The van der Waals surface area contributed by atoms with E-state index in [1.165, 1.54) is 6.07 Å². The van der Waals surface area contributed by atoms with E-state index >= 15 is 0 Å². The average molecular weight is 501 g/mol. The number of nitriles is 1. The molecule has 6 nitrogen and oxygen atoms in total. The first-order valence-corrected chi connectivity index (χ1v) is 9.50. The molecule has 0 spiro atoms. The molecule has 0 aliphatic heterocycles. The topological polar surface area (TPSA) is 98.1 Å². The van der Waals surface area contributed by atoms with Gasteiger partial charge in [-0.3, -0.25) is 4.57 Å². The van der Waals surface area contributed by atoms with Gasteiger partial charge in [-0.15, -0.1) is 0 Å². The second-order valence-corrected chi connectivity index (χ2v) is 8.47. The number of hydrogen-bond acceptors (Lipinski definition) is 5. The Bertz CT molecular complexity index is 1070. The highest BCUT2D eigenvalue weighted by Gasteiger charge is 2.38. The normalized spacial score (nSPS) is 12.8. The maximum absolute atomic E-state index is 13.2. The van der Waals surface area contributed by atoms with Gasteiger partial charge in [0, 0.05) is 6.20 Å². The largest absolute Gasteiger partial charge is 0.416 e. The van der Waals surface area contributed by atoms with Crippen molar-refractivity contribution >= 4 is 62.3 Å². The Labute approximate surface area is 175 Å². The first-order chi connectivity index (χ1) is 12.6. The van der Waals surface area contributed by atoms with Crippen LogP contribution in [-0.4, -0.2) is 17.8 Å². The summed E-state index contributed by atoms with van der Waals surface area (Å²) < 4.78 is 77.0. The van der Waals surface area contributed by atoms with Gasteiger partial charge >= 0.3 is 21.1 Å². The smallest absolute Gasteiger partial charge is 0.384 e. The quantitative estimate of drug-likeness (QED) is 0.361. The minimum Gasteiger partial charge on any atom is -0.384 e. The van der Waals surface area contributed by atoms with Gasteiger partial charge in [-0.2, -0.15) is 35.4 Å². The standard InChI is InChI=1S/C13H5Cl4F4N3O3S/c14-7-1-6(12(18,19)20)2-8(15)9(7)24-4-5(3-22)10(11(24)23)28(25,26)27-13(16,17)21/h1-2,4H,23H2. The molecule has 0 amide bonds. The van der Waals surface area contributed by atoms with E-state index in [4.69, 9.17) is 57.4 Å². The van der Waals surface area contributed by atoms with Gasteiger partial charge in [0.1, 0.15) is 11.9 Å². The molecule has 28 heavy (non-hydrogen) atoms. The van der Waals surface area contributed by atoms with Crippen molar-refractivity contribution in [1.29, 1.82) is 5.26 Å². The van der Waals surface area contributed by atoms with Gasteiger partial charge in [0.15, 0.2) is 4.90 Å². The van der Waals surface area contributed by atoms with Crippen LogP contribution < -0.4 is 5.73 Å². The highest BCUT2D eigenvalue weighted by Crippen LogP contribution is 2.41. The summed E-state index contributed by atoms with van der Waals surface area (Å²) >= 11 is 21.4. The first kappa shape index (κ1) is 22.9. The lowest BCUT2D eigenvalue weighted by atomic mass is 10.2. The zero-order chi connectivity index (χ0) is 21.7. The summed E-state index contributed by atoms with van der Waals surface area (Å²) in [6, 6.07) is 2.49. The minimum absolute atomic E-state index is 0.366. The summed E-state index contributed by atoms with van der Waals surface area (Å²) in [5, 5.41) is 8.01. The van der Waals surface area contributed by atoms with E-state index < -0.39 is 53.0 Å². The van der Waals surface area contributed by atoms with Gasteiger partial charge in [0.25, 0.3) is 0 Å². The number of anilines is 1. The Morgan fingerprint density at radius 2 is 1.64 bits per heavy atom. The molecule has 0 atom stereocenters. The van der Waals surface area contributed by atoms with Crippen molar-refractivity contribution in [2.45, 2.75) is 15.8 Å². The van der Waals surface area contributed by atoms with E-state index in [0.29, 0.717) is 12.1 Å². The predicted octanol–water partition coefficient (Wildman–Crippen LogP) is 5.02. The van der Waals surface area contributed by atoms with Crippen molar-refractivity contribution in [2.75, 3.05) is 5.73 Å². The van der Waals surface area contributed by atoms with Gasteiger partial charge in [-0.1, -0.05) is 23.2 Å². The lowest BCUT2D eigenvalue weighted by molar-refractivity contribution is -0.137. The number of rotatable bonds is 4. The van der Waals surface area contributed by atoms with Gasteiger partial charge in [0.05, 0.1) is 26.9 Å². The summed E-state index contributed by atoms with van der Waals surface area (Å²) in [6.45, 7) is 0. The Hall–Kier alpha value is -1.42. The molecule has 2 rings (SSSR count). The van der Waals surface area contributed by atoms with E-state index in [0.717, 1.165) is 10.8 Å². The predicted molar refractivity (Wildman–Crippen MR) is 93.7 cm³/mol. The molecule has 1 aromatic heterocycles. The van der Waals surface area contributed by atoms with Crippen molar-refractivity contribution < 1.29 is 30.2 Å². The van der Waals surface area contributed by atoms with Gasteiger partial charge in [0.2, 0.25) is 0 Å². The van der Waals surface area contributed by atoms with E-state index in [1.807, 2.05) is 0 Å². The average Bonchev–Trinajstić information content (AvgIpc) is 2.80. The van der Waals surface area contributed by atoms with Crippen molar-refractivity contribution in [3.05, 3.63) is 39.5 Å². The van der Waals surface area contributed by atoms with Crippen molar-refractivity contribution in [3.63, 3.8) is 0 Å². The fourth-order valence-corrected chi connectivity index (χ4v) is 4.38. The van der Waals surface area contributed by atoms with Crippen LogP contribution in [0.25, 0.3) is 5.69 Å². The Balaban J connectivity index is 2.75. The lowest BCUT2D eigenvalue weighted by Crippen LogP contribution is -2.19. The molecule has 0 unspecified atom stereocenters. The third kappa shape index (κ3) is 4.59. The number of benzene rings is 1. The van der Waals surface area contributed by atoms with Crippen LogP contribution in [0.3, 0.4) is 0 Å². The van der Waals surface area contributed by atoms with Gasteiger partial charge in [-0.25, -0.2) is 0 Å². The van der Waals surface area contributed by atoms with E-state index in [2.05, 4.69) is 4.18 Å². The van der Waals surface area contributed by atoms with Crippen LogP contribution in [0.2, 0.25) is 10.0 Å². The molecule has 1 heterocycles. The highest BCUT2D eigenvalue weighted by atomic mass is 35.5. The second kappa shape index (κ2) is 7.44. The Morgan fingerprint density at radius 1 is 1.14 bits per heavy atom. The zero-order valence-electron chi connectivity index (χ0n) is 12.9. The molecular formula is C13H5Cl4F4N3O3S. The van der Waals surface area contributed by atoms with Crippen molar-refractivity contribution in [3.8, 4) is 11.8 Å². The maximum Gasteiger partial charge on any atom is 0.416 e. The van der Waals surface area contributed by atoms with Gasteiger partial charge in [-0.05, 0) is 35.3 Å². The van der Waals surface area contributed by atoms with Gasteiger partial charge < -0.3 is 5.73 Å². The maximum atomic E-state index is 13.2.